The molecule has 2 aliphatic carbocycles. The summed E-state index contributed by atoms with van der Waals surface area (Å²) in [4.78, 5) is 69.6. The minimum absolute atomic E-state index is 0.00189. The quantitative estimate of drug-likeness (QED) is 0.170. The van der Waals surface area contributed by atoms with Gasteiger partial charge in [0, 0.05) is 18.5 Å². The first-order valence-electron chi connectivity index (χ1n) is 17.8. The maximum Gasteiger partial charge on any atom is 0.316 e. The van der Waals surface area contributed by atoms with Crippen LogP contribution < -0.4 is 21.3 Å². The number of nitrogens with one attached hydrogen (secondary N) is 4. The summed E-state index contributed by atoms with van der Waals surface area (Å²) >= 11 is 0. The third kappa shape index (κ3) is 7.03. The van der Waals surface area contributed by atoms with Gasteiger partial charge in [0.25, 0.3) is 5.91 Å². The van der Waals surface area contributed by atoms with Gasteiger partial charge < -0.3 is 26.2 Å². The molecule has 2 aliphatic heterocycles. The van der Waals surface area contributed by atoms with E-state index in [1.165, 1.54) is 6.08 Å². The molecule has 0 aromatic heterocycles. The lowest BCUT2D eigenvalue weighted by molar-refractivity contribution is -0.143. The summed E-state index contributed by atoms with van der Waals surface area (Å²) in [5.41, 5.74) is -2.86. The Morgan fingerprint density at radius 3 is 2.19 bits per heavy atom. The predicted molar refractivity (Wildman–Crippen MR) is 183 cm³/mol. The zero-order valence-electron chi connectivity index (χ0n) is 29.7. The molecule has 2 saturated heterocycles. The van der Waals surface area contributed by atoms with Gasteiger partial charge in [-0.3, -0.25) is 19.2 Å². The van der Waals surface area contributed by atoms with Crippen molar-refractivity contribution in [3.8, 4) is 0 Å². The van der Waals surface area contributed by atoms with Crippen molar-refractivity contribution in [1.29, 1.82) is 0 Å². The second kappa shape index (κ2) is 14.5. The van der Waals surface area contributed by atoms with E-state index in [4.69, 9.17) is 0 Å². The van der Waals surface area contributed by atoms with Crippen molar-refractivity contribution in [1.82, 2.24) is 26.2 Å². The second-order valence-corrected chi connectivity index (χ2v) is 17.8. The van der Waals surface area contributed by atoms with Gasteiger partial charge in [0.05, 0.1) is 22.6 Å². The van der Waals surface area contributed by atoms with Crippen molar-refractivity contribution in [2.75, 3.05) is 18.8 Å². The average Bonchev–Trinajstić information content (AvgIpc) is 3.44. The lowest BCUT2D eigenvalue weighted by Crippen LogP contribution is -2.65. The first-order chi connectivity index (χ1) is 22.5. The molecule has 0 radical (unpaired) electrons. The number of urea groups is 1. The Balaban J connectivity index is 1.59. The van der Waals surface area contributed by atoms with E-state index in [1.807, 2.05) is 41.5 Å². The van der Waals surface area contributed by atoms with Crippen LogP contribution in [0.25, 0.3) is 0 Å². The largest absolute Gasteiger partial charge is 0.346 e. The minimum Gasteiger partial charge on any atom is -0.346 e. The number of ketones is 1. The van der Waals surface area contributed by atoms with E-state index in [0.29, 0.717) is 45.1 Å². The van der Waals surface area contributed by atoms with Crippen LogP contribution in [0.4, 0.5) is 4.79 Å². The Morgan fingerprint density at radius 1 is 1.02 bits per heavy atom. The number of hydrogen-bond acceptors (Lipinski definition) is 7. The summed E-state index contributed by atoms with van der Waals surface area (Å²) in [6, 6.07) is -2.51. The fourth-order valence-corrected chi connectivity index (χ4v) is 11.0. The van der Waals surface area contributed by atoms with Crippen molar-refractivity contribution in [2.24, 2.45) is 23.2 Å². The Morgan fingerprint density at radius 2 is 1.67 bits per heavy atom. The highest BCUT2D eigenvalue weighted by Gasteiger charge is 2.76. The fraction of sp³-hybridized carbons (Fsp3) is 0.800. The summed E-state index contributed by atoms with van der Waals surface area (Å²) in [6.45, 7) is 15.6. The zero-order valence-corrected chi connectivity index (χ0v) is 30.5. The predicted octanol–water partition coefficient (Wildman–Crippen LogP) is 3.01. The second-order valence-electron chi connectivity index (χ2n) is 15.5. The number of Topliss-reactive ketones (excluding diaryl/α,β-unsaturated/α-hetero) is 1. The van der Waals surface area contributed by atoms with Crippen LogP contribution in [0.1, 0.15) is 106 Å². The van der Waals surface area contributed by atoms with Gasteiger partial charge in [0.15, 0.2) is 9.84 Å². The maximum absolute atomic E-state index is 14.7. The summed E-state index contributed by atoms with van der Waals surface area (Å²) in [5, 5.41) is 10.8. The molecule has 0 aromatic rings. The lowest BCUT2D eigenvalue weighted by Gasteiger charge is -2.42. The Labute approximate surface area is 286 Å². The fourth-order valence-electron chi connectivity index (χ4n) is 8.65. The first kappa shape index (κ1) is 37.9. The van der Waals surface area contributed by atoms with E-state index in [0.717, 1.165) is 19.3 Å². The number of amides is 5. The summed E-state index contributed by atoms with van der Waals surface area (Å²) in [6.07, 6.45) is 7.47. The topological polar surface area (TPSA) is 171 Å². The van der Waals surface area contributed by atoms with Gasteiger partial charge in [-0.1, -0.05) is 73.3 Å². The van der Waals surface area contributed by atoms with E-state index in [1.54, 1.807) is 4.90 Å². The molecule has 4 rings (SSSR count). The molecule has 0 spiro atoms. The number of rotatable bonds is 13. The van der Waals surface area contributed by atoms with E-state index in [-0.39, 0.29) is 42.4 Å². The molecule has 12 nitrogen and oxygen atoms in total. The number of nitrogens with zero attached hydrogens (tertiary/aromatic N) is 1. The van der Waals surface area contributed by atoms with Crippen LogP contribution in [0, 0.1) is 23.2 Å². The third-order valence-electron chi connectivity index (χ3n) is 12.0. The SMILES string of the molecule is C=CCNC(=O)C(=O)C(CCC)NC(=O)[C@@H]1CC(C(C)C)CN1C(=O)C1(NC(=O)NC2(C3CCCS3(=O)=O)CCCCC2)[C@H](C)C1(C)C. The molecular formula is C35H57N5O7S. The lowest BCUT2D eigenvalue weighted by atomic mass is 9.78. The number of sulfone groups is 1. The Kier molecular flexibility index (Phi) is 11.4. The van der Waals surface area contributed by atoms with E-state index in [2.05, 4.69) is 27.8 Å². The molecule has 48 heavy (non-hydrogen) atoms. The van der Waals surface area contributed by atoms with E-state index < -0.39 is 67.3 Å². The van der Waals surface area contributed by atoms with Crippen molar-refractivity contribution in [2.45, 2.75) is 134 Å². The van der Waals surface area contributed by atoms with Crippen molar-refractivity contribution in [3.05, 3.63) is 12.7 Å². The van der Waals surface area contributed by atoms with E-state index >= 15 is 0 Å². The highest BCUT2D eigenvalue weighted by Crippen LogP contribution is 2.62. The standard InChI is InChI=1S/C35H57N5O7S/c1-8-14-25(28(41)30(43)36-18-9-2)37-29(42)26-20-24(22(3)4)21-40(26)31(44)35(23(5)33(35,6)7)39-32(45)38-34(16-11-10-12-17-34)27-15-13-19-48(27,46)47/h9,22-27H,2,8,10-21H2,1,3-7H3,(H,36,43)(H,37,42)(H2,38,39,45)/t23-,24?,25?,26+,27?,35?/m1/s1. The van der Waals surface area contributed by atoms with Gasteiger partial charge in [-0.25, -0.2) is 13.2 Å². The van der Waals surface area contributed by atoms with Gasteiger partial charge in [0.2, 0.25) is 17.6 Å². The summed E-state index contributed by atoms with van der Waals surface area (Å²) in [7, 11) is -3.36. The molecule has 0 aromatic carbocycles. The van der Waals surface area contributed by atoms with Crippen molar-refractivity contribution < 1.29 is 32.4 Å². The highest BCUT2D eigenvalue weighted by molar-refractivity contribution is 7.92. The Hall–Kier alpha value is -2.96. The van der Waals surface area contributed by atoms with Crippen molar-refractivity contribution in [3.63, 3.8) is 0 Å². The summed E-state index contributed by atoms with van der Waals surface area (Å²) in [5.74, 6) is -2.43. The molecule has 13 heteroatoms. The first-order valence-corrected chi connectivity index (χ1v) is 19.6. The van der Waals surface area contributed by atoms with Crippen LogP contribution >= 0.6 is 0 Å². The smallest absolute Gasteiger partial charge is 0.316 e. The molecule has 4 fully saturated rings. The summed E-state index contributed by atoms with van der Waals surface area (Å²) < 4.78 is 26.2. The van der Waals surface area contributed by atoms with Crippen LogP contribution in [0.3, 0.4) is 0 Å². The molecular weight excluding hydrogens is 634 g/mol. The van der Waals surface area contributed by atoms with Gasteiger partial charge in [-0.2, -0.15) is 0 Å². The zero-order chi connectivity index (χ0) is 35.7. The van der Waals surface area contributed by atoms with E-state index in [9.17, 15) is 32.4 Å². The van der Waals surface area contributed by atoms with Gasteiger partial charge in [-0.15, -0.1) is 6.58 Å². The maximum atomic E-state index is 14.7. The van der Waals surface area contributed by atoms with Crippen LogP contribution in [0.15, 0.2) is 12.7 Å². The van der Waals surface area contributed by atoms with Gasteiger partial charge >= 0.3 is 6.03 Å². The number of carbonyl (C=O) groups is 5. The number of hydrogen-bond donors (Lipinski definition) is 4. The number of likely N-dealkylation sites (tertiary alicyclic amines) is 1. The van der Waals surface area contributed by atoms with Crippen LogP contribution in [-0.4, -0.2) is 90.1 Å². The molecule has 0 bridgehead atoms. The van der Waals surface area contributed by atoms with Crippen molar-refractivity contribution >= 4 is 39.4 Å². The van der Waals surface area contributed by atoms with Crippen LogP contribution in [0.2, 0.25) is 0 Å². The minimum atomic E-state index is -3.36. The molecule has 6 atom stereocenters. The molecule has 270 valence electrons. The number of carbonyl (C=O) groups excluding carboxylic acids is 5. The molecule has 2 heterocycles. The molecule has 4 N–H and O–H groups in total. The molecule has 4 aliphatic rings. The average molecular weight is 692 g/mol. The van der Waals surface area contributed by atoms with Crippen LogP contribution in [-0.2, 0) is 29.0 Å². The van der Waals surface area contributed by atoms with Gasteiger partial charge in [-0.05, 0) is 56.3 Å². The Bertz CT molecular complexity index is 1390. The monoisotopic (exact) mass is 691 g/mol. The van der Waals surface area contributed by atoms with Crippen LogP contribution in [0.5, 0.6) is 0 Å². The van der Waals surface area contributed by atoms with Gasteiger partial charge in [0.1, 0.15) is 11.6 Å². The molecule has 2 saturated carbocycles. The normalized spacial score (nSPS) is 30.6. The third-order valence-corrected chi connectivity index (χ3v) is 14.5. The molecule has 4 unspecified atom stereocenters. The molecule has 5 amide bonds. The highest BCUT2D eigenvalue weighted by atomic mass is 32.2.